The third-order valence-corrected chi connectivity index (χ3v) is 9.57. The average Bonchev–Trinajstić information content (AvgIpc) is 3.61. The number of hydrogen-bond donors (Lipinski definition) is 1. The molecule has 0 aromatic heterocycles. The molecule has 1 fully saturated rings. The second-order valence-electron chi connectivity index (χ2n) is 12.7. The van der Waals surface area contributed by atoms with Crippen LogP contribution in [0.5, 0.6) is 11.5 Å². The molecule has 3 nitrogen and oxygen atoms in total. The number of benzene rings is 6. The Morgan fingerprint density at radius 1 is 0.469 bits per heavy atom. The highest BCUT2D eigenvalue weighted by Crippen LogP contribution is 2.38. The fourth-order valence-corrected chi connectivity index (χ4v) is 6.54. The molecular weight excluding hydrogens is 668 g/mol. The molecule has 49 heavy (non-hydrogen) atoms. The third kappa shape index (κ3) is 9.95. The zero-order valence-corrected chi connectivity index (χ0v) is 29.4. The minimum Gasteiger partial charge on any atom is -0.489 e. The fourth-order valence-electron chi connectivity index (χ4n) is 6.28. The molecule has 0 spiro atoms. The van der Waals surface area contributed by atoms with Gasteiger partial charge < -0.3 is 14.6 Å². The second-order valence-corrected chi connectivity index (χ2v) is 13.6. The van der Waals surface area contributed by atoms with Crippen molar-refractivity contribution >= 4 is 15.9 Å². The summed E-state index contributed by atoms with van der Waals surface area (Å²) < 4.78 is 13.2. The molecule has 0 saturated heterocycles. The molecule has 6 aromatic carbocycles. The lowest BCUT2D eigenvalue weighted by Gasteiger charge is -2.22. The third-order valence-electron chi connectivity index (χ3n) is 9.04. The van der Waals surface area contributed by atoms with E-state index >= 15 is 0 Å². The lowest BCUT2D eigenvalue weighted by Crippen LogP contribution is -2.20. The molecule has 7 rings (SSSR count). The molecule has 0 unspecified atom stereocenters. The molecular formula is C45H43BrO3. The molecule has 1 aliphatic carbocycles. The molecule has 0 atom stereocenters. The van der Waals surface area contributed by atoms with Gasteiger partial charge in [-0.15, -0.1) is 0 Å². The first-order valence-corrected chi connectivity index (χ1v) is 17.9. The highest BCUT2D eigenvalue weighted by Gasteiger charge is 2.32. The van der Waals surface area contributed by atoms with Crippen LogP contribution < -0.4 is 9.47 Å². The van der Waals surface area contributed by atoms with E-state index in [1.54, 1.807) is 0 Å². The first-order chi connectivity index (χ1) is 24.0. The van der Waals surface area contributed by atoms with Crippen LogP contribution in [0.3, 0.4) is 0 Å². The van der Waals surface area contributed by atoms with E-state index in [-0.39, 0.29) is 0 Å². The summed E-state index contributed by atoms with van der Waals surface area (Å²) in [7, 11) is 0. The largest absolute Gasteiger partial charge is 0.489 e. The Bertz CT molecular complexity index is 1860. The van der Waals surface area contributed by atoms with E-state index < -0.39 is 5.60 Å². The summed E-state index contributed by atoms with van der Waals surface area (Å²) in [5.41, 5.74) is 7.69. The number of rotatable bonds is 11. The van der Waals surface area contributed by atoms with Gasteiger partial charge in [-0.05, 0) is 76.1 Å². The summed E-state index contributed by atoms with van der Waals surface area (Å²) in [5.74, 6) is 1.88. The molecule has 0 bridgehead atoms. The van der Waals surface area contributed by atoms with E-state index in [1.165, 1.54) is 33.4 Å². The van der Waals surface area contributed by atoms with Gasteiger partial charge in [-0.3, -0.25) is 0 Å². The first-order valence-electron chi connectivity index (χ1n) is 17.1. The van der Waals surface area contributed by atoms with Crippen LogP contribution in [0.2, 0.25) is 0 Å². The topological polar surface area (TPSA) is 38.7 Å². The van der Waals surface area contributed by atoms with Crippen molar-refractivity contribution in [1.82, 2.24) is 0 Å². The van der Waals surface area contributed by atoms with Crippen molar-refractivity contribution in [1.29, 1.82) is 0 Å². The van der Waals surface area contributed by atoms with Crippen LogP contribution in [-0.2, 0) is 31.7 Å². The molecule has 1 aliphatic rings. The second kappa shape index (κ2) is 17.1. The number of ether oxygens (including phenoxy) is 2. The maximum absolute atomic E-state index is 10.7. The van der Waals surface area contributed by atoms with Gasteiger partial charge in [-0.1, -0.05) is 162 Å². The van der Waals surface area contributed by atoms with Gasteiger partial charge in [0.05, 0.1) is 5.60 Å². The van der Waals surface area contributed by atoms with Crippen molar-refractivity contribution in [3.05, 3.63) is 201 Å². The molecule has 1 N–H and O–H groups in total. The van der Waals surface area contributed by atoms with E-state index in [2.05, 4.69) is 113 Å². The molecule has 6 aromatic rings. The van der Waals surface area contributed by atoms with Gasteiger partial charge in [0.15, 0.2) is 0 Å². The van der Waals surface area contributed by atoms with Gasteiger partial charge in [0.1, 0.15) is 24.7 Å². The molecule has 0 amide bonds. The van der Waals surface area contributed by atoms with Crippen LogP contribution in [0.15, 0.2) is 162 Å². The lowest BCUT2D eigenvalue weighted by atomic mass is 9.91. The number of para-hydroxylation sites is 2. The van der Waals surface area contributed by atoms with Crippen molar-refractivity contribution in [2.45, 2.75) is 57.3 Å². The Labute approximate surface area is 299 Å². The van der Waals surface area contributed by atoms with Crippen LogP contribution in [0.4, 0.5) is 0 Å². The zero-order valence-electron chi connectivity index (χ0n) is 27.8. The van der Waals surface area contributed by atoms with E-state index in [9.17, 15) is 5.11 Å². The fraction of sp³-hybridized carbons (Fsp3) is 0.200. The quantitative estimate of drug-likeness (QED) is 0.145. The van der Waals surface area contributed by atoms with Crippen molar-refractivity contribution in [3.63, 3.8) is 0 Å². The smallest absolute Gasteiger partial charge is 0.123 e. The van der Waals surface area contributed by atoms with Gasteiger partial charge in [-0.2, -0.15) is 0 Å². The lowest BCUT2D eigenvalue weighted by molar-refractivity contribution is 0.0444. The van der Waals surface area contributed by atoms with E-state index in [0.717, 1.165) is 60.1 Å². The summed E-state index contributed by atoms with van der Waals surface area (Å²) >= 11 is 3.47. The van der Waals surface area contributed by atoms with Crippen LogP contribution in [0.25, 0.3) is 0 Å². The Morgan fingerprint density at radius 2 is 0.878 bits per heavy atom. The van der Waals surface area contributed by atoms with Crippen LogP contribution in [0, 0.1) is 0 Å². The van der Waals surface area contributed by atoms with E-state index in [0.29, 0.717) is 13.2 Å². The molecule has 0 radical (unpaired) electrons. The molecule has 0 heterocycles. The maximum Gasteiger partial charge on any atom is 0.123 e. The maximum atomic E-state index is 10.7. The molecule has 1 saturated carbocycles. The number of aliphatic hydroxyl groups is 1. The SMILES string of the molecule is Brc1ccc(Cc2ccccc2OCc2ccccc2)cc1.OC1(c2ccc(Cc3ccccc3OCc3ccccc3)cc2)CCCC1. The van der Waals surface area contributed by atoms with E-state index in [4.69, 9.17) is 9.47 Å². The summed E-state index contributed by atoms with van der Waals surface area (Å²) in [4.78, 5) is 0. The molecule has 0 aliphatic heterocycles. The van der Waals surface area contributed by atoms with Gasteiger partial charge in [-0.25, -0.2) is 0 Å². The standard InChI is InChI=1S/C25H26O2.C20H17BrO/c26-25(16-6-7-17-25)23-14-12-20(13-15-23)18-22-10-4-5-11-24(22)27-19-21-8-2-1-3-9-21;21-19-12-10-16(11-13-19)14-18-8-4-5-9-20(18)22-15-17-6-2-1-3-7-17/h1-5,8-15,26H,6-7,16-19H2;1-13H,14-15H2. The average molecular weight is 712 g/mol. The Balaban J connectivity index is 0.000000174. The van der Waals surface area contributed by atoms with Gasteiger partial charge >= 0.3 is 0 Å². The summed E-state index contributed by atoms with van der Waals surface area (Å²) in [6.45, 7) is 1.17. The Morgan fingerprint density at radius 3 is 1.35 bits per heavy atom. The molecule has 4 heteroatoms. The van der Waals surface area contributed by atoms with Crippen molar-refractivity contribution in [3.8, 4) is 11.5 Å². The highest BCUT2D eigenvalue weighted by atomic mass is 79.9. The first kappa shape index (κ1) is 34.2. The minimum atomic E-state index is -0.616. The Kier molecular flexibility index (Phi) is 12.0. The van der Waals surface area contributed by atoms with Crippen molar-refractivity contribution < 1.29 is 14.6 Å². The van der Waals surface area contributed by atoms with Crippen LogP contribution in [-0.4, -0.2) is 5.11 Å². The van der Waals surface area contributed by atoms with Gasteiger partial charge in [0.2, 0.25) is 0 Å². The van der Waals surface area contributed by atoms with Crippen LogP contribution in [0.1, 0.15) is 64.6 Å². The van der Waals surface area contributed by atoms with E-state index in [1.807, 2.05) is 60.7 Å². The van der Waals surface area contributed by atoms with Crippen LogP contribution >= 0.6 is 15.9 Å². The number of halogens is 1. The predicted octanol–water partition coefficient (Wildman–Crippen LogP) is 11.2. The van der Waals surface area contributed by atoms with Crippen molar-refractivity contribution in [2.75, 3.05) is 0 Å². The van der Waals surface area contributed by atoms with Gasteiger partial charge in [0.25, 0.3) is 0 Å². The Hall–Kier alpha value is -4.64. The monoisotopic (exact) mass is 710 g/mol. The predicted molar refractivity (Wildman–Crippen MR) is 203 cm³/mol. The normalized spacial score (nSPS) is 13.3. The molecule has 248 valence electrons. The minimum absolute atomic E-state index is 0.573. The summed E-state index contributed by atoms with van der Waals surface area (Å²) in [6, 6.07) is 53.8. The van der Waals surface area contributed by atoms with Gasteiger partial charge in [0, 0.05) is 17.3 Å². The summed E-state index contributed by atoms with van der Waals surface area (Å²) in [5, 5.41) is 10.7. The summed E-state index contributed by atoms with van der Waals surface area (Å²) in [6.07, 6.45) is 5.68. The van der Waals surface area contributed by atoms with Crippen molar-refractivity contribution in [2.24, 2.45) is 0 Å². The zero-order chi connectivity index (χ0) is 33.7. The highest BCUT2D eigenvalue weighted by molar-refractivity contribution is 9.10. The number of hydrogen-bond acceptors (Lipinski definition) is 3.